The fourth-order valence-corrected chi connectivity index (χ4v) is 0.0461. The van der Waals surface area contributed by atoms with Crippen LogP contribution in [0.15, 0.2) is 5.28 Å². The maximum Gasteiger partial charge on any atom is 0.524 e. The fraction of sp³-hybridized carbons (Fsp3) is 0. The van der Waals surface area contributed by atoms with Gasteiger partial charge in [0.1, 0.15) is 0 Å². The Kier molecular flexibility index (Phi) is 2.15. The largest absolute Gasteiger partial charge is 0.524 e. The number of rotatable bonds is 2. The monoisotopic (exact) mass is 104 g/mol. The van der Waals surface area contributed by atoms with Crippen LogP contribution in [-0.4, -0.2) is 5.09 Å². The van der Waals surface area contributed by atoms with Crippen molar-refractivity contribution in [1.82, 2.24) is 0 Å². The third kappa shape index (κ3) is 4.51. The first-order chi connectivity index (χ1) is 3.27. The summed E-state index contributed by atoms with van der Waals surface area (Å²) in [5.74, 6) is 0. The van der Waals surface area contributed by atoms with Gasteiger partial charge in [-0.2, -0.15) is 0 Å². The van der Waals surface area contributed by atoms with Crippen LogP contribution < -0.4 is 0 Å². The Labute approximate surface area is 37.2 Å². The molecule has 0 aromatic carbocycles. The van der Waals surface area contributed by atoms with E-state index in [-0.39, 0.29) is 0 Å². The molecule has 0 unspecified atom stereocenters. The molecule has 38 valence electrons. The summed E-state index contributed by atoms with van der Waals surface area (Å²) in [5, 5.41) is 10.0. The van der Waals surface area contributed by atoms with Gasteiger partial charge in [0.05, 0.1) is 0 Å². The van der Waals surface area contributed by atoms with Gasteiger partial charge in [-0.15, -0.1) is 0 Å². The van der Waals surface area contributed by atoms with Gasteiger partial charge in [0.2, 0.25) is 0 Å². The minimum atomic E-state index is -1.21. The molecule has 0 aliphatic rings. The van der Waals surface area contributed by atoms with Crippen LogP contribution in [0.25, 0.3) is 10.4 Å². The van der Waals surface area contributed by atoms with Crippen molar-refractivity contribution >= 4 is 0 Å². The molecule has 0 saturated carbocycles. The predicted octanol–water partition coefficient (Wildman–Crippen LogP) is 0.420. The van der Waals surface area contributed by atoms with Gasteiger partial charge in [0, 0.05) is 5.53 Å². The maximum atomic E-state index is 9.08. The van der Waals surface area contributed by atoms with E-state index in [1.54, 1.807) is 0 Å². The lowest BCUT2D eigenvalue weighted by Crippen LogP contribution is -1.90. The number of azide groups is 1. The van der Waals surface area contributed by atoms with Crippen LogP contribution in [0.1, 0.15) is 0 Å². The molecule has 7 nitrogen and oxygen atoms in total. The Hall–Kier alpha value is -1.49. The van der Waals surface area contributed by atoms with Crippen molar-refractivity contribution in [2.45, 2.75) is 0 Å². The van der Waals surface area contributed by atoms with Gasteiger partial charge < -0.3 is 0 Å². The molecule has 0 radical (unpaired) electrons. The van der Waals surface area contributed by atoms with E-state index in [4.69, 9.17) is 15.6 Å². The second-order valence-corrected chi connectivity index (χ2v) is 0.476. The summed E-state index contributed by atoms with van der Waals surface area (Å²) in [4.78, 5) is 14.1. The lowest BCUT2D eigenvalue weighted by atomic mass is 12.8. The molecule has 0 spiro atoms. The molecule has 0 fully saturated rings. The van der Waals surface area contributed by atoms with Crippen molar-refractivity contribution in [2.75, 3.05) is 0 Å². The Morgan fingerprint density at radius 1 is 2.00 bits per heavy atom. The van der Waals surface area contributed by atoms with E-state index in [0.717, 1.165) is 0 Å². The molecule has 0 amide bonds. The minimum absolute atomic E-state index is 1.21. The maximum absolute atomic E-state index is 9.08. The van der Waals surface area contributed by atoms with Crippen LogP contribution in [0.5, 0.6) is 0 Å². The Balaban J connectivity index is 3.32. The average molecular weight is 104 g/mol. The van der Waals surface area contributed by atoms with Crippen LogP contribution in [0, 0.1) is 10.1 Å². The highest BCUT2D eigenvalue weighted by Gasteiger charge is 1.90. The average Bonchev–Trinajstić information content (AvgIpc) is 1.61. The topological polar surface area (TPSA) is 101 Å². The fourth-order valence-electron chi connectivity index (χ4n) is 0.0461. The predicted molar refractivity (Wildman–Crippen MR) is 17.2 cm³/mol. The van der Waals surface area contributed by atoms with Crippen LogP contribution >= 0.6 is 0 Å². The molecule has 0 aromatic heterocycles. The van der Waals surface area contributed by atoms with Gasteiger partial charge in [-0.1, -0.05) is 4.94 Å². The van der Waals surface area contributed by atoms with Crippen LogP contribution in [0.2, 0.25) is 0 Å². The smallest absolute Gasteiger partial charge is 0.217 e. The molecule has 7 heteroatoms. The van der Waals surface area contributed by atoms with E-state index < -0.39 is 5.09 Å². The van der Waals surface area contributed by atoms with Crippen LogP contribution in [0.4, 0.5) is 0 Å². The van der Waals surface area contributed by atoms with E-state index in [9.17, 15) is 0 Å². The first-order valence-corrected chi connectivity index (χ1v) is 1.13. The summed E-state index contributed by atoms with van der Waals surface area (Å²) in [5.41, 5.74) is 7.34. The zero-order valence-corrected chi connectivity index (χ0v) is 3.01. The summed E-state index contributed by atoms with van der Waals surface area (Å²) >= 11 is 0. The van der Waals surface area contributed by atoms with Crippen LogP contribution in [0.3, 0.4) is 0 Å². The van der Waals surface area contributed by atoms with E-state index in [1.165, 1.54) is 0 Å². The summed E-state index contributed by atoms with van der Waals surface area (Å²) in [6, 6.07) is 0. The molecule has 7 heavy (non-hydrogen) atoms. The molecule has 0 heterocycles. The SMILES string of the molecule is [N-]=[N+]=NO[N+](=O)[O-]. The number of nitrogens with zero attached hydrogens (tertiary/aromatic N) is 4. The lowest BCUT2D eigenvalue weighted by molar-refractivity contribution is -0.760. The van der Waals surface area contributed by atoms with E-state index in [1.807, 2.05) is 4.91 Å². The van der Waals surface area contributed by atoms with Crippen LogP contribution in [-0.2, 0) is 4.94 Å². The van der Waals surface area contributed by atoms with E-state index in [2.05, 4.69) is 10.2 Å². The highest BCUT2D eigenvalue weighted by atomic mass is 17.0. The van der Waals surface area contributed by atoms with Crippen molar-refractivity contribution in [3.63, 3.8) is 0 Å². The Morgan fingerprint density at radius 3 is 2.71 bits per heavy atom. The van der Waals surface area contributed by atoms with Crippen molar-refractivity contribution < 1.29 is 10.0 Å². The molecule has 0 atom stereocenters. The second-order valence-electron chi connectivity index (χ2n) is 0.476. The highest BCUT2D eigenvalue weighted by Crippen LogP contribution is 1.72. The molecular weight excluding hydrogens is 104 g/mol. The van der Waals surface area contributed by atoms with Crippen molar-refractivity contribution in [3.05, 3.63) is 20.6 Å². The van der Waals surface area contributed by atoms with Crippen molar-refractivity contribution in [2.24, 2.45) is 5.28 Å². The molecular formula is N4O3. The molecule has 0 bridgehead atoms. The molecule has 0 N–H and O–H groups in total. The zero-order valence-electron chi connectivity index (χ0n) is 3.01. The van der Waals surface area contributed by atoms with E-state index >= 15 is 0 Å². The second kappa shape index (κ2) is 2.73. The zero-order chi connectivity index (χ0) is 5.70. The van der Waals surface area contributed by atoms with Gasteiger partial charge >= 0.3 is 5.28 Å². The summed E-state index contributed by atoms with van der Waals surface area (Å²) in [7, 11) is 0. The third-order valence-corrected chi connectivity index (χ3v) is 0.140. The van der Waals surface area contributed by atoms with E-state index in [0.29, 0.717) is 0 Å². The van der Waals surface area contributed by atoms with Gasteiger partial charge in [0.15, 0.2) is 5.09 Å². The Bertz CT molecular complexity index is 110. The van der Waals surface area contributed by atoms with Gasteiger partial charge in [-0.25, -0.2) is 10.1 Å². The summed E-state index contributed by atoms with van der Waals surface area (Å²) in [6.07, 6.45) is 0. The van der Waals surface area contributed by atoms with Gasteiger partial charge in [-0.05, 0) is 0 Å². The number of hydrogen-bond donors (Lipinski definition) is 0. The van der Waals surface area contributed by atoms with Crippen molar-refractivity contribution in [1.29, 1.82) is 0 Å². The third-order valence-electron chi connectivity index (χ3n) is 0.140. The first kappa shape index (κ1) is 5.51. The summed E-state index contributed by atoms with van der Waals surface area (Å²) in [6.45, 7) is 0. The summed E-state index contributed by atoms with van der Waals surface area (Å²) < 4.78 is 0. The molecule has 0 saturated heterocycles. The Morgan fingerprint density at radius 2 is 2.57 bits per heavy atom. The molecule has 0 aromatic rings. The quantitative estimate of drug-likeness (QED) is 0.167. The highest BCUT2D eigenvalue weighted by molar-refractivity contribution is 4.26. The number of hydrogen-bond acceptors (Lipinski definition) is 4. The minimum Gasteiger partial charge on any atom is -0.217 e. The van der Waals surface area contributed by atoms with Gasteiger partial charge in [0.25, 0.3) is 4.91 Å². The molecule has 0 rings (SSSR count). The van der Waals surface area contributed by atoms with Crippen molar-refractivity contribution in [3.8, 4) is 0 Å². The first-order valence-electron chi connectivity index (χ1n) is 1.13. The lowest BCUT2D eigenvalue weighted by Gasteiger charge is -1.72. The standard InChI is InChI=1S/N4O3/c1-2-3-7-4(5)6. The normalized spacial score (nSPS) is 6.29. The van der Waals surface area contributed by atoms with Gasteiger partial charge in [-0.3, -0.25) is 0 Å². The molecule has 0 aliphatic carbocycles. The molecule has 0 aliphatic heterocycles.